The third kappa shape index (κ3) is 3.70. The Morgan fingerprint density at radius 2 is 1.96 bits per heavy atom. The molecular weight excluding hydrogens is 346 g/mol. The van der Waals surface area contributed by atoms with E-state index in [-0.39, 0.29) is 5.69 Å². The normalized spacial score (nSPS) is 20.5. The molecule has 3 aromatic rings. The summed E-state index contributed by atoms with van der Waals surface area (Å²) in [7, 11) is 0. The first-order valence-corrected chi connectivity index (χ1v) is 9.93. The fourth-order valence-corrected chi connectivity index (χ4v) is 4.50. The van der Waals surface area contributed by atoms with Crippen LogP contribution in [0.25, 0.3) is 5.65 Å². The highest BCUT2D eigenvalue weighted by atomic mass is 35.5. The highest BCUT2D eigenvalue weighted by Gasteiger charge is 2.23. The van der Waals surface area contributed by atoms with Crippen molar-refractivity contribution in [2.75, 3.05) is 0 Å². The van der Waals surface area contributed by atoms with E-state index in [0.717, 1.165) is 29.6 Å². The standard InChI is InChI=1S/C21H24ClN3O/c22-19-7-3-6-18(15-19)17-11-9-16(10-12-17)5-4-14-25-20-8-1-2-13-24(20)21(26)23-25/h1-3,6-8,13,15-17H,4-5,9-12,14H2/p+1. The molecule has 0 saturated heterocycles. The van der Waals surface area contributed by atoms with Crippen molar-refractivity contribution in [3.05, 3.63) is 69.7 Å². The van der Waals surface area contributed by atoms with E-state index >= 15 is 0 Å². The Balaban J connectivity index is 1.29. The number of pyridine rings is 1. The lowest BCUT2D eigenvalue weighted by molar-refractivity contribution is -0.729. The molecule has 2 heterocycles. The Labute approximate surface area is 158 Å². The highest BCUT2D eigenvalue weighted by molar-refractivity contribution is 6.30. The molecule has 4 rings (SSSR count). The van der Waals surface area contributed by atoms with E-state index in [0.29, 0.717) is 5.92 Å². The lowest BCUT2D eigenvalue weighted by atomic mass is 9.77. The van der Waals surface area contributed by atoms with Crippen LogP contribution in [-0.4, -0.2) is 9.50 Å². The van der Waals surface area contributed by atoms with E-state index in [1.54, 1.807) is 4.40 Å². The number of hydrogen-bond acceptors (Lipinski definition) is 1. The molecule has 136 valence electrons. The lowest BCUT2D eigenvalue weighted by Gasteiger charge is -2.28. The maximum Gasteiger partial charge on any atom is 0.448 e. The minimum absolute atomic E-state index is 0.0670. The number of halogens is 1. The van der Waals surface area contributed by atoms with Crippen LogP contribution in [0.4, 0.5) is 0 Å². The van der Waals surface area contributed by atoms with Crippen LogP contribution < -0.4 is 10.4 Å². The van der Waals surface area contributed by atoms with E-state index < -0.39 is 0 Å². The number of rotatable bonds is 5. The lowest BCUT2D eigenvalue weighted by Crippen LogP contribution is -2.38. The molecule has 1 saturated carbocycles. The van der Waals surface area contributed by atoms with Crippen LogP contribution in [-0.2, 0) is 6.54 Å². The highest BCUT2D eigenvalue weighted by Crippen LogP contribution is 2.38. The first-order valence-electron chi connectivity index (χ1n) is 9.55. The first-order chi connectivity index (χ1) is 12.7. The molecule has 5 heteroatoms. The second-order valence-electron chi connectivity index (χ2n) is 7.41. The van der Waals surface area contributed by atoms with Crippen molar-refractivity contribution in [1.82, 2.24) is 9.50 Å². The Morgan fingerprint density at radius 3 is 2.77 bits per heavy atom. The summed E-state index contributed by atoms with van der Waals surface area (Å²) in [5.41, 5.74) is 2.26. The molecule has 0 spiro atoms. The minimum atomic E-state index is -0.0670. The summed E-state index contributed by atoms with van der Waals surface area (Å²) < 4.78 is 3.64. The topological polar surface area (TPSA) is 41.2 Å². The third-order valence-electron chi connectivity index (χ3n) is 5.73. The van der Waals surface area contributed by atoms with Gasteiger partial charge in [0.05, 0.1) is 0 Å². The quantitative estimate of drug-likeness (QED) is 0.667. The van der Waals surface area contributed by atoms with Crippen molar-refractivity contribution in [1.29, 1.82) is 0 Å². The number of aryl methyl sites for hydroxylation is 1. The molecule has 0 unspecified atom stereocenters. The van der Waals surface area contributed by atoms with Gasteiger partial charge in [0, 0.05) is 11.1 Å². The Bertz CT molecular complexity index is 938. The summed E-state index contributed by atoms with van der Waals surface area (Å²) in [4.78, 5) is 11.9. The van der Waals surface area contributed by atoms with Crippen LogP contribution in [0.5, 0.6) is 0 Å². The molecule has 26 heavy (non-hydrogen) atoms. The van der Waals surface area contributed by atoms with Gasteiger partial charge < -0.3 is 0 Å². The molecule has 4 nitrogen and oxygen atoms in total. The van der Waals surface area contributed by atoms with E-state index in [1.165, 1.54) is 37.7 Å². The smallest absolute Gasteiger partial charge is 0.216 e. The number of aromatic amines is 1. The molecule has 0 atom stereocenters. The summed E-state index contributed by atoms with van der Waals surface area (Å²) in [6, 6.07) is 14.2. The summed E-state index contributed by atoms with van der Waals surface area (Å²) in [6.07, 6.45) is 9.21. The van der Waals surface area contributed by atoms with Crippen LogP contribution in [0.3, 0.4) is 0 Å². The van der Waals surface area contributed by atoms with Crippen molar-refractivity contribution >= 4 is 17.2 Å². The average Bonchev–Trinajstić information content (AvgIpc) is 2.99. The summed E-state index contributed by atoms with van der Waals surface area (Å²) in [5, 5.41) is 3.78. The molecule has 1 fully saturated rings. The van der Waals surface area contributed by atoms with Gasteiger partial charge >= 0.3 is 11.3 Å². The molecule has 2 aromatic heterocycles. The van der Waals surface area contributed by atoms with Crippen LogP contribution in [0, 0.1) is 5.92 Å². The van der Waals surface area contributed by atoms with Crippen molar-refractivity contribution in [3.63, 3.8) is 0 Å². The zero-order chi connectivity index (χ0) is 17.9. The predicted molar refractivity (Wildman–Crippen MR) is 104 cm³/mol. The van der Waals surface area contributed by atoms with Gasteiger partial charge in [-0.15, -0.1) is 4.40 Å². The molecule has 0 radical (unpaired) electrons. The Kier molecular flexibility index (Phi) is 5.11. The second-order valence-corrected chi connectivity index (χ2v) is 7.85. The monoisotopic (exact) mass is 370 g/mol. The summed E-state index contributed by atoms with van der Waals surface area (Å²) >= 11 is 6.13. The van der Waals surface area contributed by atoms with Crippen LogP contribution in [0.2, 0.25) is 5.02 Å². The van der Waals surface area contributed by atoms with Gasteiger partial charge in [-0.05, 0) is 74.1 Å². The molecule has 0 aliphatic heterocycles. The minimum Gasteiger partial charge on any atom is -0.216 e. The number of aromatic nitrogens is 3. The van der Waals surface area contributed by atoms with Gasteiger partial charge in [-0.1, -0.05) is 29.8 Å². The third-order valence-corrected chi connectivity index (χ3v) is 5.96. The number of nitrogens with one attached hydrogen (secondary N) is 1. The number of H-pyrrole nitrogens is 1. The molecule has 1 aliphatic carbocycles. The number of hydrogen-bond donors (Lipinski definition) is 1. The van der Waals surface area contributed by atoms with Crippen molar-refractivity contribution < 1.29 is 4.68 Å². The van der Waals surface area contributed by atoms with Gasteiger partial charge in [0.1, 0.15) is 12.7 Å². The number of nitrogens with zero attached hydrogens (tertiary/aromatic N) is 2. The number of fused-ring (bicyclic) bond motifs is 1. The Hall–Kier alpha value is -2.07. The maximum absolute atomic E-state index is 11.9. The zero-order valence-electron chi connectivity index (χ0n) is 14.9. The molecule has 1 aromatic carbocycles. The van der Waals surface area contributed by atoms with Gasteiger partial charge in [0.15, 0.2) is 0 Å². The molecule has 1 N–H and O–H groups in total. The molecule has 0 amide bonds. The van der Waals surface area contributed by atoms with Gasteiger partial charge in [0.2, 0.25) is 0 Å². The van der Waals surface area contributed by atoms with E-state index in [1.807, 2.05) is 35.1 Å². The van der Waals surface area contributed by atoms with Crippen molar-refractivity contribution in [3.8, 4) is 0 Å². The van der Waals surface area contributed by atoms with Gasteiger partial charge in [-0.2, -0.15) is 9.78 Å². The van der Waals surface area contributed by atoms with Crippen molar-refractivity contribution in [2.24, 2.45) is 5.92 Å². The second kappa shape index (κ2) is 7.67. The zero-order valence-corrected chi connectivity index (χ0v) is 15.7. The Morgan fingerprint density at radius 1 is 1.12 bits per heavy atom. The van der Waals surface area contributed by atoms with Gasteiger partial charge in [-0.25, -0.2) is 4.79 Å². The molecular formula is C21H25ClN3O+. The summed E-state index contributed by atoms with van der Waals surface area (Å²) in [5.74, 6) is 1.46. The molecule has 0 bridgehead atoms. The SMILES string of the molecule is O=c1[nH][n+](CCCC2CCC(c3cccc(Cl)c3)CC2)c2ccccn12. The van der Waals surface area contributed by atoms with E-state index in [2.05, 4.69) is 23.3 Å². The fourth-order valence-electron chi connectivity index (χ4n) is 4.31. The van der Waals surface area contributed by atoms with Crippen molar-refractivity contribution in [2.45, 2.75) is 51.0 Å². The molecule has 1 aliphatic rings. The first kappa shape index (κ1) is 17.3. The number of benzene rings is 1. The predicted octanol–water partition coefficient (Wildman–Crippen LogP) is 4.32. The van der Waals surface area contributed by atoms with Gasteiger partial charge in [-0.3, -0.25) is 0 Å². The fraction of sp³-hybridized carbons (Fsp3) is 0.429. The largest absolute Gasteiger partial charge is 0.448 e. The van der Waals surface area contributed by atoms with Crippen LogP contribution in [0.15, 0.2) is 53.5 Å². The van der Waals surface area contributed by atoms with Crippen LogP contribution in [0.1, 0.15) is 50.0 Å². The maximum atomic E-state index is 11.9. The summed E-state index contributed by atoms with van der Waals surface area (Å²) in [6.45, 7) is 0.865. The van der Waals surface area contributed by atoms with Gasteiger partial charge in [0.25, 0.3) is 0 Å². The van der Waals surface area contributed by atoms with E-state index in [9.17, 15) is 4.79 Å². The van der Waals surface area contributed by atoms with Crippen LogP contribution >= 0.6 is 11.6 Å². The van der Waals surface area contributed by atoms with E-state index in [4.69, 9.17) is 11.6 Å². The average molecular weight is 371 g/mol.